The van der Waals surface area contributed by atoms with Gasteiger partial charge in [-0.05, 0) is 0 Å². The van der Waals surface area contributed by atoms with Gasteiger partial charge in [0.1, 0.15) is 0 Å². The molecular weight excluding hydrogens is 439 g/mol. The zero-order chi connectivity index (χ0) is 21.4. The molecule has 152 valence electrons. The van der Waals surface area contributed by atoms with Crippen LogP contribution in [0.2, 0.25) is 0 Å². The van der Waals surface area contributed by atoms with Crippen molar-refractivity contribution in [2.45, 2.75) is 12.1 Å². The van der Waals surface area contributed by atoms with E-state index in [-0.39, 0.29) is 9.92 Å². The van der Waals surface area contributed by atoms with Crippen molar-refractivity contribution in [1.29, 1.82) is 0 Å². The van der Waals surface area contributed by atoms with E-state index in [4.69, 9.17) is 15.6 Å². The van der Waals surface area contributed by atoms with Crippen LogP contribution in [0.25, 0.3) is 0 Å². The molecule has 0 aliphatic rings. The van der Waals surface area contributed by atoms with Crippen molar-refractivity contribution in [3.8, 4) is 11.5 Å². The normalized spacial score (nSPS) is 12.4. The van der Waals surface area contributed by atoms with Crippen LogP contribution < -0.4 is 11.1 Å². The van der Waals surface area contributed by atoms with Gasteiger partial charge in [-0.3, -0.25) is 0 Å². The molecule has 0 saturated carbocycles. The second kappa shape index (κ2) is 10.5. The molecule has 0 aromatic heterocycles. The fourth-order valence-corrected chi connectivity index (χ4v) is 1.82. The number of aliphatic hydroxyl groups is 1. The first-order chi connectivity index (χ1) is 13.1. The van der Waals surface area contributed by atoms with E-state index in [1.165, 1.54) is 6.07 Å². The quantitative estimate of drug-likeness (QED) is 0.0901. The van der Waals surface area contributed by atoms with E-state index < -0.39 is 60.6 Å². The Morgan fingerprint density at radius 1 is 1.21 bits per heavy atom. The fourth-order valence-electron chi connectivity index (χ4n) is 1.69. The number of aromatic hydroxyl groups is 2. The van der Waals surface area contributed by atoms with Crippen LogP contribution in [0.3, 0.4) is 0 Å². The Morgan fingerprint density at radius 3 is 2.43 bits per heavy atom. The van der Waals surface area contributed by atoms with Crippen molar-refractivity contribution in [2.75, 3.05) is 13.2 Å². The fraction of sp³-hybridized carbons (Fsp3) is 0.250. The Balaban J connectivity index is 2.98. The number of nitrogens with two attached hydrogens (primary N) is 1. The van der Waals surface area contributed by atoms with E-state index in [0.717, 1.165) is 29.0 Å². The number of carbonyl (C=O) groups is 4. The summed E-state index contributed by atoms with van der Waals surface area (Å²) in [5, 5.41) is 30.1. The molecule has 0 aliphatic carbocycles. The average Bonchev–Trinajstić information content (AvgIpc) is 2.65. The van der Waals surface area contributed by atoms with E-state index in [0.29, 0.717) is 0 Å². The topological polar surface area (TPSA) is 185 Å². The monoisotopic (exact) mass is 458 g/mol. The summed E-state index contributed by atoms with van der Waals surface area (Å²) in [5.74, 6) is -5.71. The number of aliphatic hydroxyl groups excluding tert-OH is 1. The maximum absolute atomic E-state index is 12.3. The zero-order valence-electron chi connectivity index (χ0n) is 14.5. The molecule has 0 spiro atoms. The van der Waals surface area contributed by atoms with Gasteiger partial charge in [-0.25, -0.2) is 0 Å². The van der Waals surface area contributed by atoms with Crippen molar-refractivity contribution in [3.05, 3.63) is 34.7 Å². The minimum atomic E-state index is -1.65. The molecule has 1 amide bonds. The third-order valence-electron chi connectivity index (χ3n) is 3.20. The average molecular weight is 458 g/mol. The predicted octanol–water partition coefficient (Wildman–Crippen LogP) is -2.72. The number of hydrogen-bond donors (Lipinski definition) is 5. The number of phenolic OH excluding ortho intramolecular Hbond substituents is 2. The molecule has 0 bridgehead atoms. The van der Waals surface area contributed by atoms with Crippen LogP contribution in [-0.4, -0.2) is 81.3 Å². The van der Waals surface area contributed by atoms with Crippen LogP contribution in [0.15, 0.2) is 29.1 Å². The Bertz CT molecular complexity index is 796. The van der Waals surface area contributed by atoms with Crippen LogP contribution in [-0.2, 0) is 23.9 Å². The van der Waals surface area contributed by atoms with Gasteiger partial charge >= 0.3 is 167 Å². The molecule has 1 aromatic carbocycles. The van der Waals surface area contributed by atoms with Crippen LogP contribution >= 0.6 is 0 Å². The molecular formula is C16H19AsN2O9. The van der Waals surface area contributed by atoms with Crippen LogP contribution in [0, 0.1) is 0 Å². The third kappa shape index (κ3) is 6.38. The van der Waals surface area contributed by atoms with Crippen molar-refractivity contribution >= 4 is 40.7 Å². The first-order valence-electron chi connectivity index (χ1n) is 7.63. The number of para-hydroxylation sites is 1. The molecule has 12 heteroatoms. The molecule has 1 aromatic rings. The summed E-state index contributed by atoms with van der Waals surface area (Å²) in [5.41, 5.74) is 4.89. The Hall–Kier alpha value is -2.88. The molecule has 11 nitrogen and oxygen atoms in total. The van der Waals surface area contributed by atoms with Gasteiger partial charge in [-0.2, -0.15) is 0 Å². The number of ether oxygens (including phenoxy) is 2. The van der Waals surface area contributed by atoms with E-state index in [2.05, 4.69) is 16.6 Å². The van der Waals surface area contributed by atoms with Gasteiger partial charge in [0.05, 0.1) is 0 Å². The molecule has 28 heavy (non-hydrogen) atoms. The number of carbonyl (C=O) groups excluding carboxylic acids is 4. The molecule has 0 fully saturated rings. The number of esters is 3. The van der Waals surface area contributed by atoms with Crippen molar-refractivity contribution in [1.82, 2.24) is 5.32 Å². The second-order valence-electron chi connectivity index (χ2n) is 5.35. The number of benzene rings is 1. The standard InChI is InChI=1S/C16H19AsN2O9/c1-7(17)14(24)28-16(26)10(6-27-15(25)9(18)5-20)19-13(23)8-3-2-4-11(21)12(8)22/h2-4,9-10,20-22H,1,5-6,17-18H2,(H,19,23)/t9-,10-/m0/s1. The maximum atomic E-state index is 12.3. The van der Waals surface area contributed by atoms with Gasteiger partial charge in [0, 0.05) is 0 Å². The van der Waals surface area contributed by atoms with Gasteiger partial charge < -0.3 is 0 Å². The van der Waals surface area contributed by atoms with Crippen molar-refractivity contribution in [2.24, 2.45) is 5.73 Å². The molecule has 1 rings (SSSR count). The summed E-state index contributed by atoms with van der Waals surface area (Å²) in [4.78, 5) is 47.5. The van der Waals surface area contributed by atoms with Crippen molar-refractivity contribution < 1.29 is 44.0 Å². The molecule has 0 saturated heterocycles. The predicted molar refractivity (Wildman–Crippen MR) is 95.8 cm³/mol. The van der Waals surface area contributed by atoms with Gasteiger partial charge in [-0.1, -0.05) is 0 Å². The molecule has 0 radical (unpaired) electrons. The van der Waals surface area contributed by atoms with E-state index in [9.17, 15) is 29.4 Å². The molecule has 6 N–H and O–H groups in total. The zero-order valence-corrected chi connectivity index (χ0v) is 16.9. The van der Waals surface area contributed by atoms with Gasteiger partial charge in [0.2, 0.25) is 0 Å². The number of rotatable bonds is 8. The summed E-state index contributed by atoms with van der Waals surface area (Å²) >= 11 is 0.810. The summed E-state index contributed by atoms with van der Waals surface area (Å²) < 4.78 is 9.22. The SMILES string of the molecule is C=C([AsH2])C(=O)OC(=O)[C@H](COC(=O)[C@@H](N)CO)NC(=O)c1cccc(O)c1O. The Kier molecular flexibility index (Phi) is 8.64. The van der Waals surface area contributed by atoms with Crippen molar-refractivity contribution in [3.63, 3.8) is 0 Å². The summed E-state index contributed by atoms with van der Waals surface area (Å²) in [7, 11) is 0. The molecule has 3 atom stereocenters. The van der Waals surface area contributed by atoms with Gasteiger partial charge in [0.15, 0.2) is 0 Å². The first-order valence-corrected chi connectivity index (χ1v) is 8.84. The second-order valence-corrected chi connectivity index (χ2v) is 6.81. The van der Waals surface area contributed by atoms with Crippen LogP contribution in [0.5, 0.6) is 11.5 Å². The number of nitrogens with one attached hydrogen (secondary N) is 1. The first kappa shape index (κ1) is 23.2. The third-order valence-corrected chi connectivity index (χ3v) is 3.69. The summed E-state index contributed by atoms with van der Waals surface area (Å²) in [6.07, 6.45) is 0. The van der Waals surface area contributed by atoms with E-state index in [1.54, 1.807) is 0 Å². The van der Waals surface area contributed by atoms with Gasteiger partial charge in [0.25, 0.3) is 0 Å². The molecule has 0 aliphatic heterocycles. The molecule has 0 heterocycles. The number of amides is 1. The Labute approximate surface area is 167 Å². The minimum absolute atomic E-state index is 0.0316. The van der Waals surface area contributed by atoms with Crippen LogP contribution in [0.1, 0.15) is 10.4 Å². The van der Waals surface area contributed by atoms with E-state index in [1.807, 2.05) is 0 Å². The summed E-state index contributed by atoms with van der Waals surface area (Å²) in [6, 6.07) is 0.525. The summed E-state index contributed by atoms with van der Waals surface area (Å²) in [6.45, 7) is 1.84. The van der Waals surface area contributed by atoms with Gasteiger partial charge in [-0.15, -0.1) is 0 Å². The Morgan fingerprint density at radius 2 is 1.86 bits per heavy atom. The van der Waals surface area contributed by atoms with E-state index >= 15 is 0 Å². The molecule has 1 unspecified atom stereocenters. The van der Waals surface area contributed by atoms with Crippen LogP contribution in [0.4, 0.5) is 0 Å². The number of phenols is 2. The number of hydrogen-bond acceptors (Lipinski definition) is 10.